The summed E-state index contributed by atoms with van der Waals surface area (Å²) in [7, 11) is 0. The van der Waals surface area contributed by atoms with E-state index in [0.29, 0.717) is 25.1 Å². The third-order valence-corrected chi connectivity index (χ3v) is 7.91. The number of H-pyrrole nitrogens is 1. The van der Waals surface area contributed by atoms with Crippen LogP contribution < -0.4 is 21.3 Å². The minimum atomic E-state index is -1.36. The molecule has 1 saturated carbocycles. The number of carbonyl (C=O) groups is 5. The standard InChI is InChI=1S/C32H42N6O7/c1-4-44-27(39)11-10-23(15-22-12-13-34-28(22)40)36-29(41)25(14-20(2)3)37-30(42)32(16-24(32)26-17-33-19-35-26)38-31(43)45-18-21-8-6-5-7-9-21/h5-11,17,19-20,22-25H,4,12-16,18H2,1-3H3,(H,33,35)(H,34,40)(H,36,41)(H,37,42)(H,38,43)/b11-10+/t22-,23+,24?,25-,32+/m0/s1. The van der Waals surface area contributed by atoms with Gasteiger partial charge in [-0.25, -0.2) is 14.6 Å². The summed E-state index contributed by atoms with van der Waals surface area (Å²) in [5.41, 5.74) is 0.0980. The van der Waals surface area contributed by atoms with E-state index in [1.165, 1.54) is 18.5 Å². The summed E-state index contributed by atoms with van der Waals surface area (Å²) >= 11 is 0. The van der Waals surface area contributed by atoms with Gasteiger partial charge in [-0.2, -0.15) is 0 Å². The van der Waals surface area contributed by atoms with Crippen LogP contribution in [0.1, 0.15) is 63.6 Å². The SMILES string of the molecule is CCOC(=O)/C=C/[C@H](C[C@@H]1CCNC1=O)NC(=O)[C@H](CC(C)C)NC(=O)[C@@]1(NC(=O)OCc2ccccc2)CC1c1cnc[nH]1. The molecule has 45 heavy (non-hydrogen) atoms. The molecule has 1 saturated heterocycles. The molecule has 242 valence electrons. The van der Waals surface area contributed by atoms with Gasteiger partial charge in [0.1, 0.15) is 18.2 Å². The van der Waals surface area contributed by atoms with Crippen LogP contribution >= 0.6 is 0 Å². The lowest BCUT2D eigenvalue weighted by Crippen LogP contribution is -2.57. The second-order valence-corrected chi connectivity index (χ2v) is 11.8. The number of hydrogen-bond acceptors (Lipinski definition) is 8. The molecule has 5 atom stereocenters. The average Bonchev–Trinajstić information content (AvgIpc) is 3.29. The van der Waals surface area contributed by atoms with Crippen LogP contribution in [0.25, 0.3) is 0 Å². The van der Waals surface area contributed by atoms with Gasteiger partial charge in [0.25, 0.3) is 0 Å². The molecule has 2 aromatic rings. The number of ether oxygens (including phenoxy) is 2. The Balaban J connectivity index is 1.48. The summed E-state index contributed by atoms with van der Waals surface area (Å²) < 4.78 is 10.4. The molecule has 13 nitrogen and oxygen atoms in total. The summed E-state index contributed by atoms with van der Waals surface area (Å²) in [5.74, 6) is -2.41. The van der Waals surface area contributed by atoms with E-state index in [4.69, 9.17) is 9.47 Å². The third-order valence-electron chi connectivity index (χ3n) is 7.91. The number of rotatable bonds is 15. The Bertz CT molecular complexity index is 1360. The van der Waals surface area contributed by atoms with Gasteiger partial charge in [-0.15, -0.1) is 0 Å². The Kier molecular flexibility index (Phi) is 11.3. The van der Waals surface area contributed by atoms with Crippen LogP contribution in [0.2, 0.25) is 0 Å². The topological polar surface area (TPSA) is 181 Å². The third kappa shape index (κ3) is 9.16. The maximum Gasteiger partial charge on any atom is 0.408 e. The molecule has 2 heterocycles. The Morgan fingerprint density at radius 1 is 1.13 bits per heavy atom. The van der Waals surface area contributed by atoms with Gasteiger partial charge in [-0.1, -0.05) is 50.3 Å². The van der Waals surface area contributed by atoms with Crippen molar-refractivity contribution < 1.29 is 33.4 Å². The number of esters is 1. The van der Waals surface area contributed by atoms with Gasteiger partial charge in [0.15, 0.2) is 0 Å². The van der Waals surface area contributed by atoms with Crippen LogP contribution in [-0.4, -0.2) is 70.5 Å². The fraction of sp³-hybridized carbons (Fsp3) is 0.500. The molecule has 4 amide bonds. The van der Waals surface area contributed by atoms with Gasteiger partial charge >= 0.3 is 12.1 Å². The van der Waals surface area contributed by atoms with Crippen molar-refractivity contribution >= 4 is 29.8 Å². The van der Waals surface area contributed by atoms with Crippen LogP contribution in [-0.2, 0) is 35.3 Å². The largest absolute Gasteiger partial charge is 0.463 e. The molecule has 1 aliphatic carbocycles. The zero-order valence-electron chi connectivity index (χ0n) is 25.8. The summed E-state index contributed by atoms with van der Waals surface area (Å²) in [6.45, 7) is 6.30. The molecule has 13 heteroatoms. The maximum absolute atomic E-state index is 13.9. The number of imidazole rings is 1. The Morgan fingerprint density at radius 3 is 2.56 bits per heavy atom. The van der Waals surface area contributed by atoms with Crippen molar-refractivity contribution in [3.63, 3.8) is 0 Å². The molecule has 5 N–H and O–H groups in total. The summed E-state index contributed by atoms with van der Waals surface area (Å²) in [6, 6.07) is 7.54. The normalized spacial score (nSPS) is 21.9. The van der Waals surface area contributed by atoms with Crippen molar-refractivity contribution in [3.05, 3.63) is 66.3 Å². The Hall–Kier alpha value is -4.68. The summed E-state index contributed by atoms with van der Waals surface area (Å²) in [5, 5.41) is 11.3. The van der Waals surface area contributed by atoms with E-state index in [2.05, 4.69) is 31.2 Å². The fourth-order valence-corrected chi connectivity index (χ4v) is 5.50. The van der Waals surface area contributed by atoms with Gasteiger partial charge in [0.2, 0.25) is 17.7 Å². The maximum atomic E-state index is 13.9. The van der Waals surface area contributed by atoms with E-state index in [1.807, 2.05) is 44.2 Å². The van der Waals surface area contributed by atoms with E-state index in [-0.39, 0.29) is 43.8 Å². The van der Waals surface area contributed by atoms with Crippen molar-refractivity contribution in [2.45, 2.75) is 76.6 Å². The second kappa shape index (κ2) is 15.4. The fourth-order valence-electron chi connectivity index (χ4n) is 5.50. The molecule has 1 aromatic heterocycles. The molecular formula is C32H42N6O7. The highest BCUT2D eigenvalue weighted by Gasteiger charge is 2.63. The number of carbonyl (C=O) groups excluding carboxylic acids is 5. The first kappa shape index (κ1) is 33.2. The minimum Gasteiger partial charge on any atom is -0.463 e. The summed E-state index contributed by atoms with van der Waals surface area (Å²) in [4.78, 5) is 71.8. The quantitative estimate of drug-likeness (QED) is 0.148. The number of nitrogens with one attached hydrogen (secondary N) is 5. The Labute approximate surface area is 262 Å². The van der Waals surface area contributed by atoms with Crippen molar-refractivity contribution in [2.24, 2.45) is 11.8 Å². The highest BCUT2D eigenvalue weighted by molar-refractivity contribution is 5.98. The number of nitrogens with zero attached hydrogens (tertiary/aromatic N) is 1. The number of hydrogen-bond donors (Lipinski definition) is 5. The average molecular weight is 623 g/mol. The first-order valence-corrected chi connectivity index (χ1v) is 15.3. The van der Waals surface area contributed by atoms with Crippen molar-refractivity contribution in [1.29, 1.82) is 0 Å². The van der Waals surface area contributed by atoms with E-state index in [0.717, 1.165) is 5.56 Å². The van der Waals surface area contributed by atoms with E-state index in [9.17, 15) is 24.0 Å². The summed E-state index contributed by atoms with van der Waals surface area (Å²) in [6.07, 6.45) is 6.53. The van der Waals surface area contributed by atoms with Crippen molar-refractivity contribution in [2.75, 3.05) is 13.2 Å². The molecule has 4 rings (SSSR count). The molecule has 2 fully saturated rings. The predicted octanol–water partition coefficient (Wildman–Crippen LogP) is 2.22. The zero-order chi connectivity index (χ0) is 32.4. The number of benzene rings is 1. The second-order valence-electron chi connectivity index (χ2n) is 11.8. The molecule has 2 aliphatic rings. The van der Waals surface area contributed by atoms with Gasteiger partial charge in [-0.05, 0) is 44.1 Å². The highest BCUT2D eigenvalue weighted by atomic mass is 16.5. The molecule has 0 spiro atoms. The molecular weight excluding hydrogens is 580 g/mol. The molecule has 1 aliphatic heterocycles. The first-order chi connectivity index (χ1) is 21.6. The monoisotopic (exact) mass is 622 g/mol. The van der Waals surface area contributed by atoms with Crippen LogP contribution in [0, 0.1) is 11.8 Å². The predicted molar refractivity (Wildman–Crippen MR) is 163 cm³/mol. The van der Waals surface area contributed by atoms with Crippen LogP contribution in [0.3, 0.4) is 0 Å². The van der Waals surface area contributed by atoms with Gasteiger partial charge in [-0.3, -0.25) is 14.4 Å². The zero-order valence-corrected chi connectivity index (χ0v) is 25.8. The molecule has 1 unspecified atom stereocenters. The van der Waals surface area contributed by atoms with Crippen molar-refractivity contribution in [3.8, 4) is 0 Å². The molecule has 0 bridgehead atoms. The lowest BCUT2D eigenvalue weighted by Gasteiger charge is -2.26. The van der Waals surface area contributed by atoms with Gasteiger partial charge < -0.3 is 35.7 Å². The van der Waals surface area contributed by atoms with Crippen LogP contribution in [0.15, 0.2) is 55.0 Å². The van der Waals surface area contributed by atoms with E-state index < -0.39 is 47.4 Å². The molecule has 1 aromatic carbocycles. The minimum absolute atomic E-state index is 0.0250. The number of alkyl carbamates (subject to hydrolysis) is 1. The Morgan fingerprint density at radius 2 is 1.91 bits per heavy atom. The first-order valence-electron chi connectivity index (χ1n) is 15.3. The lowest BCUT2D eigenvalue weighted by molar-refractivity contribution is -0.137. The van der Waals surface area contributed by atoms with Crippen LogP contribution in [0.5, 0.6) is 0 Å². The van der Waals surface area contributed by atoms with E-state index >= 15 is 0 Å². The highest BCUT2D eigenvalue weighted by Crippen LogP contribution is 2.51. The number of amides is 4. The number of aromatic nitrogens is 2. The van der Waals surface area contributed by atoms with Gasteiger partial charge in [0, 0.05) is 42.4 Å². The molecule has 0 radical (unpaired) electrons. The van der Waals surface area contributed by atoms with Crippen LogP contribution in [0.4, 0.5) is 4.79 Å². The van der Waals surface area contributed by atoms with E-state index in [1.54, 1.807) is 13.1 Å². The van der Waals surface area contributed by atoms with Gasteiger partial charge in [0.05, 0.1) is 12.9 Å². The number of aromatic amines is 1. The lowest BCUT2D eigenvalue weighted by atomic mass is 9.96. The van der Waals surface area contributed by atoms with Crippen molar-refractivity contribution in [1.82, 2.24) is 31.2 Å². The smallest absolute Gasteiger partial charge is 0.408 e.